The average molecular weight is 241 g/mol. The van der Waals surface area contributed by atoms with E-state index < -0.39 is 11.9 Å². The number of alkyl halides is 3. The number of hydrogen-bond donors (Lipinski definition) is 0. The van der Waals surface area contributed by atoms with Gasteiger partial charge in [-0.3, -0.25) is 0 Å². The van der Waals surface area contributed by atoms with E-state index in [1.807, 2.05) is 0 Å². The van der Waals surface area contributed by atoms with Gasteiger partial charge in [-0.25, -0.2) is 9.67 Å². The van der Waals surface area contributed by atoms with Crippen LogP contribution < -0.4 is 0 Å². The van der Waals surface area contributed by atoms with Crippen molar-refractivity contribution in [2.45, 2.75) is 20.0 Å². The predicted octanol–water partition coefficient (Wildman–Crippen LogP) is 2.90. The Morgan fingerprint density at radius 2 is 1.94 bits per heavy atom. The Kier molecular flexibility index (Phi) is 2.65. The number of halogens is 3. The van der Waals surface area contributed by atoms with E-state index in [0.717, 1.165) is 11.6 Å². The van der Waals surface area contributed by atoms with E-state index in [0.29, 0.717) is 11.5 Å². The van der Waals surface area contributed by atoms with Crippen LogP contribution in [0.1, 0.15) is 17.0 Å². The van der Waals surface area contributed by atoms with Crippen LogP contribution in [0.5, 0.6) is 0 Å². The molecule has 0 unspecified atom stereocenters. The van der Waals surface area contributed by atoms with Crippen molar-refractivity contribution in [1.29, 1.82) is 0 Å². The van der Waals surface area contributed by atoms with Gasteiger partial charge in [0.25, 0.3) is 0 Å². The number of hydrogen-bond acceptors (Lipinski definition) is 2. The Morgan fingerprint density at radius 3 is 2.47 bits per heavy atom. The van der Waals surface area contributed by atoms with Gasteiger partial charge in [0.2, 0.25) is 0 Å². The minimum atomic E-state index is -4.43. The van der Waals surface area contributed by atoms with Crippen molar-refractivity contribution in [3.05, 3.63) is 41.3 Å². The number of aromatic nitrogens is 3. The fraction of sp³-hybridized carbons (Fsp3) is 0.273. The van der Waals surface area contributed by atoms with Crippen molar-refractivity contribution in [3.63, 3.8) is 0 Å². The van der Waals surface area contributed by atoms with Crippen LogP contribution in [0.15, 0.2) is 24.4 Å². The van der Waals surface area contributed by atoms with Crippen molar-refractivity contribution in [2.24, 2.45) is 0 Å². The van der Waals surface area contributed by atoms with Crippen molar-refractivity contribution in [1.82, 2.24) is 14.8 Å². The van der Waals surface area contributed by atoms with E-state index in [2.05, 4.69) is 10.1 Å². The minimum absolute atomic E-state index is 0.402. The molecule has 17 heavy (non-hydrogen) atoms. The highest BCUT2D eigenvalue weighted by Crippen LogP contribution is 2.29. The molecule has 0 fully saturated rings. The molecule has 0 saturated heterocycles. The van der Waals surface area contributed by atoms with Gasteiger partial charge >= 0.3 is 6.18 Å². The van der Waals surface area contributed by atoms with E-state index in [1.165, 1.54) is 10.9 Å². The fourth-order valence-corrected chi connectivity index (χ4v) is 1.53. The highest BCUT2D eigenvalue weighted by molar-refractivity contribution is 5.34. The third kappa shape index (κ3) is 2.15. The molecule has 0 aliphatic carbocycles. The van der Waals surface area contributed by atoms with Crippen LogP contribution in [0, 0.1) is 13.8 Å². The second kappa shape index (κ2) is 3.87. The molecule has 0 aliphatic rings. The summed E-state index contributed by atoms with van der Waals surface area (Å²) in [5.41, 5.74) is 0.270. The third-order valence-corrected chi connectivity index (χ3v) is 2.36. The summed E-state index contributed by atoms with van der Waals surface area (Å²) in [6.07, 6.45) is -2.91. The Morgan fingerprint density at radius 1 is 1.24 bits per heavy atom. The average Bonchev–Trinajstić information content (AvgIpc) is 2.61. The highest BCUT2D eigenvalue weighted by atomic mass is 19.4. The molecule has 2 heterocycles. The monoisotopic (exact) mass is 241 g/mol. The number of pyridine rings is 1. The van der Waals surface area contributed by atoms with Gasteiger partial charge in [0.1, 0.15) is 0 Å². The quantitative estimate of drug-likeness (QED) is 0.768. The molecule has 2 aromatic heterocycles. The summed E-state index contributed by atoms with van der Waals surface area (Å²) in [4.78, 5) is 4.04. The lowest BCUT2D eigenvalue weighted by Gasteiger charge is -2.06. The zero-order valence-corrected chi connectivity index (χ0v) is 9.28. The van der Waals surface area contributed by atoms with Gasteiger partial charge in [-0.15, -0.1) is 0 Å². The van der Waals surface area contributed by atoms with Gasteiger partial charge in [0.05, 0.1) is 0 Å². The summed E-state index contributed by atoms with van der Waals surface area (Å²) in [5, 5.41) is 3.54. The molecule has 3 nitrogen and oxygen atoms in total. The third-order valence-electron chi connectivity index (χ3n) is 2.36. The maximum Gasteiger partial charge on any atom is 0.435 e. The van der Waals surface area contributed by atoms with Gasteiger partial charge in [0, 0.05) is 11.9 Å². The first-order valence-corrected chi connectivity index (χ1v) is 4.95. The standard InChI is InChI=1S/C11H10F3N3/c1-7-4-3-5-15-10(7)17-8(2)6-9(16-17)11(12,13)14/h3-6H,1-2H3. The largest absolute Gasteiger partial charge is 0.435 e. The van der Waals surface area contributed by atoms with Gasteiger partial charge in [0.15, 0.2) is 11.5 Å². The van der Waals surface area contributed by atoms with Crippen molar-refractivity contribution >= 4 is 0 Å². The first-order valence-electron chi connectivity index (χ1n) is 4.95. The fourth-order valence-electron chi connectivity index (χ4n) is 1.53. The molecule has 0 N–H and O–H groups in total. The molecule has 0 amide bonds. The predicted molar refractivity (Wildman–Crippen MR) is 55.8 cm³/mol. The Balaban J connectivity index is 2.55. The lowest BCUT2D eigenvalue weighted by atomic mass is 10.3. The van der Waals surface area contributed by atoms with Gasteiger partial charge in [-0.1, -0.05) is 6.07 Å². The topological polar surface area (TPSA) is 30.7 Å². The van der Waals surface area contributed by atoms with Gasteiger partial charge < -0.3 is 0 Å². The second-order valence-corrected chi connectivity index (χ2v) is 3.72. The van der Waals surface area contributed by atoms with Crippen LogP contribution >= 0.6 is 0 Å². The van der Waals surface area contributed by atoms with E-state index >= 15 is 0 Å². The highest BCUT2D eigenvalue weighted by Gasteiger charge is 2.34. The molecule has 0 radical (unpaired) electrons. The van der Waals surface area contributed by atoms with Crippen LogP contribution in [0.3, 0.4) is 0 Å². The van der Waals surface area contributed by atoms with Crippen molar-refractivity contribution < 1.29 is 13.2 Å². The number of rotatable bonds is 1. The van der Waals surface area contributed by atoms with Gasteiger partial charge in [-0.2, -0.15) is 18.3 Å². The summed E-state index contributed by atoms with van der Waals surface area (Å²) in [5.74, 6) is 0.417. The van der Waals surface area contributed by atoms with Crippen molar-refractivity contribution in [2.75, 3.05) is 0 Å². The molecule has 90 valence electrons. The van der Waals surface area contributed by atoms with Crippen LogP contribution in [-0.2, 0) is 6.18 Å². The number of aryl methyl sites for hydroxylation is 2. The first kappa shape index (κ1) is 11.6. The normalized spacial score (nSPS) is 11.8. The van der Waals surface area contributed by atoms with Crippen LogP contribution in [0.2, 0.25) is 0 Å². The first-order chi connectivity index (χ1) is 7.89. The molecule has 6 heteroatoms. The van der Waals surface area contributed by atoms with E-state index in [9.17, 15) is 13.2 Å². The zero-order valence-electron chi connectivity index (χ0n) is 9.28. The maximum absolute atomic E-state index is 12.5. The lowest BCUT2D eigenvalue weighted by Crippen LogP contribution is -2.08. The molecular formula is C11H10F3N3. The Bertz CT molecular complexity index is 543. The Hall–Kier alpha value is -1.85. The summed E-state index contributed by atoms with van der Waals surface area (Å²) < 4.78 is 38.7. The van der Waals surface area contributed by atoms with Crippen LogP contribution in [-0.4, -0.2) is 14.8 Å². The molecule has 0 aliphatic heterocycles. The summed E-state index contributed by atoms with van der Waals surface area (Å²) >= 11 is 0. The molecule has 0 atom stereocenters. The van der Waals surface area contributed by atoms with E-state index in [4.69, 9.17) is 0 Å². The summed E-state index contributed by atoms with van der Waals surface area (Å²) in [7, 11) is 0. The molecule has 2 rings (SSSR count). The maximum atomic E-state index is 12.5. The summed E-state index contributed by atoms with van der Waals surface area (Å²) in [6, 6.07) is 4.51. The zero-order chi connectivity index (χ0) is 12.6. The molecule has 0 saturated carbocycles. The van der Waals surface area contributed by atoms with Crippen LogP contribution in [0.25, 0.3) is 5.82 Å². The SMILES string of the molecule is Cc1cccnc1-n1nc(C(F)(F)F)cc1C. The molecule has 2 aromatic rings. The number of nitrogens with zero attached hydrogens (tertiary/aromatic N) is 3. The lowest BCUT2D eigenvalue weighted by molar-refractivity contribution is -0.141. The Labute approximate surface area is 95.9 Å². The van der Waals surface area contributed by atoms with Crippen LogP contribution in [0.4, 0.5) is 13.2 Å². The van der Waals surface area contributed by atoms with Crippen molar-refractivity contribution in [3.8, 4) is 5.82 Å². The second-order valence-electron chi connectivity index (χ2n) is 3.72. The minimum Gasteiger partial charge on any atom is -0.237 e. The smallest absolute Gasteiger partial charge is 0.237 e. The molecule has 0 bridgehead atoms. The van der Waals surface area contributed by atoms with E-state index in [-0.39, 0.29) is 0 Å². The molecule has 0 aromatic carbocycles. The summed E-state index contributed by atoms with van der Waals surface area (Å²) in [6.45, 7) is 3.34. The molecular weight excluding hydrogens is 231 g/mol. The molecule has 0 spiro atoms. The van der Waals surface area contributed by atoms with Gasteiger partial charge in [-0.05, 0) is 31.5 Å². The van der Waals surface area contributed by atoms with E-state index in [1.54, 1.807) is 26.0 Å².